The van der Waals surface area contributed by atoms with Gasteiger partial charge in [-0.15, -0.1) is 0 Å². The van der Waals surface area contributed by atoms with Gasteiger partial charge in [0, 0.05) is 37.1 Å². The van der Waals surface area contributed by atoms with Gasteiger partial charge < -0.3 is 27.1 Å². The van der Waals surface area contributed by atoms with Crippen molar-refractivity contribution >= 4 is 33.9 Å². The molecule has 0 amide bonds. The van der Waals surface area contributed by atoms with Crippen molar-refractivity contribution < 1.29 is 0 Å². The van der Waals surface area contributed by atoms with E-state index in [0.717, 1.165) is 16.3 Å². The van der Waals surface area contributed by atoms with Gasteiger partial charge in [0.1, 0.15) is 17.5 Å². The van der Waals surface area contributed by atoms with E-state index < -0.39 is 0 Å². The van der Waals surface area contributed by atoms with Gasteiger partial charge in [-0.1, -0.05) is 34.6 Å². The minimum absolute atomic E-state index is 0.0554. The third-order valence-corrected chi connectivity index (χ3v) is 5.07. The Morgan fingerprint density at radius 2 is 1.79 bits per heavy atom. The molecule has 0 aliphatic rings. The highest BCUT2D eigenvalue weighted by Gasteiger charge is 2.25. The second-order valence-corrected chi connectivity index (χ2v) is 8.53. The fourth-order valence-electron chi connectivity index (χ4n) is 3.68. The van der Waals surface area contributed by atoms with E-state index >= 15 is 0 Å². The van der Waals surface area contributed by atoms with Crippen molar-refractivity contribution in [3.8, 4) is 0 Å². The highest BCUT2D eigenvalue weighted by Crippen LogP contribution is 2.33. The number of hydrogen-bond donors (Lipinski definition) is 5. The lowest BCUT2D eigenvalue weighted by molar-refractivity contribution is 0.287. The lowest BCUT2D eigenvalue weighted by Gasteiger charge is -2.31. The maximum absolute atomic E-state index is 6.14. The summed E-state index contributed by atoms with van der Waals surface area (Å²) in [6.07, 6.45) is 4.89. The summed E-state index contributed by atoms with van der Waals surface area (Å²) in [6.45, 7) is 10.6. The molecule has 0 aliphatic carbocycles. The third kappa shape index (κ3) is 6.09. The lowest BCUT2D eigenvalue weighted by Crippen LogP contribution is -2.29. The molecule has 0 aromatic carbocycles. The van der Waals surface area contributed by atoms with Crippen molar-refractivity contribution in [1.29, 1.82) is 0 Å². The monoisotopic (exact) mass is 451 g/mol. The molecule has 1 unspecified atom stereocenters. The number of anilines is 3. The van der Waals surface area contributed by atoms with Gasteiger partial charge in [-0.3, -0.25) is 0 Å². The molecule has 0 radical (unpaired) electrons. The number of hydrazine groups is 1. The standard InChI is InChI=1S/C22H31N9.C2H6/c1-22(2,3)20(26-4)13-6-7-27-18(9-13)30-19-10-14-8-16(17(11-23)31(5)25)29-21(24)15(14)12-28-19;1-2/h6-12,20,26H,23,25H2,1-5H3,(H2,24,29)(H,27,28,30);1-2H3/b17-11-;. The summed E-state index contributed by atoms with van der Waals surface area (Å²) in [5, 5.41) is 9.68. The number of nitrogen functional groups attached to an aromatic ring is 1. The fraction of sp³-hybridized carbons (Fsp3) is 0.375. The van der Waals surface area contributed by atoms with Gasteiger partial charge in [-0.2, -0.15) is 0 Å². The summed E-state index contributed by atoms with van der Waals surface area (Å²) >= 11 is 0. The molecular weight excluding hydrogens is 414 g/mol. The first kappa shape index (κ1) is 25.8. The molecule has 9 nitrogen and oxygen atoms in total. The van der Waals surface area contributed by atoms with E-state index in [1.807, 2.05) is 45.2 Å². The first-order chi connectivity index (χ1) is 15.6. The maximum Gasteiger partial charge on any atom is 0.133 e. The summed E-state index contributed by atoms with van der Waals surface area (Å²) in [4.78, 5) is 13.3. The lowest BCUT2D eigenvalue weighted by atomic mass is 9.83. The molecule has 0 fully saturated rings. The normalized spacial score (nSPS) is 12.7. The molecule has 3 aromatic heterocycles. The van der Waals surface area contributed by atoms with Crippen LogP contribution in [-0.2, 0) is 0 Å². The van der Waals surface area contributed by atoms with Crippen LogP contribution in [0.25, 0.3) is 16.5 Å². The van der Waals surface area contributed by atoms with Crippen LogP contribution in [0.3, 0.4) is 0 Å². The minimum atomic E-state index is 0.0554. The molecule has 0 bridgehead atoms. The van der Waals surface area contributed by atoms with Crippen molar-refractivity contribution in [3.63, 3.8) is 0 Å². The topological polar surface area (TPSA) is 144 Å². The first-order valence-corrected chi connectivity index (χ1v) is 11.0. The zero-order chi connectivity index (χ0) is 24.8. The van der Waals surface area contributed by atoms with Gasteiger partial charge in [-0.25, -0.2) is 20.8 Å². The SMILES string of the molecule is CC.CNC(c1ccnc(Nc2cc3cc(/C(=C/N)N(C)N)nc(N)c3cn2)c1)C(C)(C)C. The van der Waals surface area contributed by atoms with E-state index in [-0.39, 0.29) is 11.5 Å². The first-order valence-electron chi connectivity index (χ1n) is 11.0. The van der Waals surface area contributed by atoms with Crippen molar-refractivity contribution in [2.45, 2.75) is 40.7 Å². The van der Waals surface area contributed by atoms with E-state index in [1.54, 1.807) is 19.4 Å². The predicted molar refractivity (Wildman–Crippen MR) is 138 cm³/mol. The highest BCUT2D eigenvalue weighted by atomic mass is 15.4. The Kier molecular flexibility index (Phi) is 8.56. The predicted octanol–water partition coefficient (Wildman–Crippen LogP) is 3.75. The summed E-state index contributed by atoms with van der Waals surface area (Å²) < 4.78 is 0. The number of fused-ring (bicyclic) bond motifs is 1. The Hall–Kier alpha value is -3.43. The number of nitrogens with two attached hydrogens (primary N) is 3. The molecular formula is C24H37N9. The second kappa shape index (κ2) is 10.9. The van der Waals surface area contributed by atoms with Crippen LogP contribution in [0.5, 0.6) is 0 Å². The molecule has 0 saturated heterocycles. The van der Waals surface area contributed by atoms with Crippen LogP contribution in [0.15, 0.2) is 42.9 Å². The Morgan fingerprint density at radius 1 is 1.12 bits per heavy atom. The number of rotatable bonds is 6. The molecule has 33 heavy (non-hydrogen) atoms. The largest absolute Gasteiger partial charge is 0.403 e. The maximum atomic E-state index is 6.14. The van der Waals surface area contributed by atoms with Crippen LogP contribution in [0.2, 0.25) is 0 Å². The van der Waals surface area contributed by atoms with E-state index in [0.29, 0.717) is 28.8 Å². The van der Waals surface area contributed by atoms with Crippen LogP contribution >= 0.6 is 0 Å². The summed E-state index contributed by atoms with van der Waals surface area (Å²) in [6, 6.07) is 8.01. The van der Waals surface area contributed by atoms with Gasteiger partial charge in [0.15, 0.2) is 0 Å². The van der Waals surface area contributed by atoms with Crippen molar-refractivity contribution in [3.05, 3.63) is 54.1 Å². The van der Waals surface area contributed by atoms with Crippen molar-refractivity contribution in [2.24, 2.45) is 17.0 Å². The van der Waals surface area contributed by atoms with Crippen molar-refractivity contribution in [1.82, 2.24) is 25.3 Å². The van der Waals surface area contributed by atoms with E-state index in [9.17, 15) is 0 Å². The number of pyridine rings is 3. The van der Waals surface area contributed by atoms with Crippen LogP contribution < -0.4 is 27.9 Å². The number of nitrogens with zero attached hydrogens (tertiary/aromatic N) is 4. The zero-order valence-corrected chi connectivity index (χ0v) is 20.6. The summed E-state index contributed by atoms with van der Waals surface area (Å²) in [7, 11) is 3.65. The molecule has 9 heteroatoms. The molecule has 3 aromatic rings. The molecule has 8 N–H and O–H groups in total. The smallest absolute Gasteiger partial charge is 0.133 e. The summed E-state index contributed by atoms with van der Waals surface area (Å²) in [5.41, 5.74) is 14.2. The minimum Gasteiger partial charge on any atom is -0.403 e. The van der Waals surface area contributed by atoms with Gasteiger partial charge >= 0.3 is 0 Å². The number of hydrogen-bond acceptors (Lipinski definition) is 9. The third-order valence-electron chi connectivity index (χ3n) is 5.07. The Morgan fingerprint density at radius 3 is 2.36 bits per heavy atom. The zero-order valence-electron chi connectivity index (χ0n) is 20.6. The average molecular weight is 452 g/mol. The Balaban J connectivity index is 0.00000187. The average Bonchev–Trinajstić information content (AvgIpc) is 2.75. The highest BCUT2D eigenvalue weighted by molar-refractivity contribution is 5.93. The number of nitrogens with one attached hydrogen (secondary N) is 2. The number of aromatic nitrogens is 3. The second-order valence-electron chi connectivity index (χ2n) is 8.53. The molecule has 0 saturated carbocycles. The van der Waals surface area contributed by atoms with Crippen LogP contribution in [0.4, 0.5) is 17.5 Å². The van der Waals surface area contributed by atoms with E-state index in [4.69, 9.17) is 17.3 Å². The quantitative estimate of drug-likeness (QED) is 0.279. The Labute approximate surface area is 196 Å². The van der Waals surface area contributed by atoms with Crippen LogP contribution in [0.1, 0.15) is 51.9 Å². The molecule has 178 valence electrons. The van der Waals surface area contributed by atoms with Gasteiger partial charge in [0.05, 0.1) is 11.4 Å². The Bertz CT molecular complexity index is 1100. The van der Waals surface area contributed by atoms with Crippen LogP contribution in [0, 0.1) is 5.41 Å². The summed E-state index contributed by atoms with van der Waals surface area (Å²) in [5.74, 6) is 7.56. The van der Waals surface area contributed by atoms with E-state index in [1.165, 1.54) is 11.2 Å². The fourth-order valence-corrected chi connectivity index (χ4v) is 3.68. The molecule has 3 rings (SSSR count). The van der Waals surface area contributed by atoms with Crippen molar-refractivity contribution in [2.75, 3.05) is 25.1 Å². The van der Waals surface area contributed by atoms with Crippen LogP contribution in [-0.4, -0.2) is 34.1 Å². The van der Waals surface area contributed by atoms with Gasteiger partial charge in [-0.05, 0) is 47.7 Å². The van der Waals surface area contributed by atoms with E-state index in [2.05, 4.69) is 46.4 Å². The van der Waals surface area contributed by atoms with Gasteiger partial charge in [0.25, 0.3) is 0 Å². The molecule has 3 heterocycles. The molecule has 0 aliphatic heterocycles. The molecule has 1 atom stereocenters. The van der Waals surface area contributed by atoms with Gasteiger partial charge in [0.2, 0.25) is 0 Å². The molecule has 0 spiro atoms.